The molecule has 1 heterocycles. The number of nitrogens with one attached hydrogen (secondary N) is 1. The summed E-state index contributed by atoms with van der Waals surface area (Å²) in [5.41, 5.74) is -0.546. The molecule has 3 rings (SSSR count). The fourth-order valence-corrected chi connectivity index (χ4v) is 5.18. The number of amides is 1. The summed E-state index contributed by atoms with van der Waals surface area (Å²) in [6, 6.07) is 11.8. The number of benzene rings is 2. The molecule has 0 saturated carbocycles. The SMILES string of the molecule is O=C(Nc1ccccc1C(F)(F)F)C1CCN(S(=O)(=O)Cc2ccc(Br)cc2)CC1. The van der Waals surface area contributed by atoms with Crippen LogP contribution < -0.4 is 5.32 Å². The van der Waals surface area contributed by atoms with Gasteiger partial charge in [0.25, 0.3) is 0 Å². The van der Waals surface area contributed by atoms with Gasteiger partial charge < -0.3 is 5.32 Å². The number of hydrogen-bond acceptors (Lipinski definition) is 3. The monoisotopic (exact) mass is 504 g/mol. The summed E-state index contributed by atoms with van der Waals surface area (Å²) in [5.74, 6) is -1.22. The fraction of sp³-hybridized carbons (Fsp3) is 0.350. The molecular formula is C20H20BrF3N2O3S. The number of nitrogens with zero attached hydrogens (tertiary/aromatic N) is 1. The average Bonchev–Trinajstić information content (AvgIpc) is 2.69. The highest BCUT2D eigenvalue weighted by Crippen LogP contribution is 2.35. The maximum Gasteiger partial charge on any atom is 0.418 e. The molecule has 0 radical (unpaired) electrons. The number of carbonyl (C=O) groups is 1. The molecule has 2 aromatic carbocycles. The van der Waals surface area contributed by atoms with E-state index in [0.29, 0.717) is 5.56 Å². The maximum absolute atomic E-state index is 13.1. The minimum absolute atomic E-state index is 0.143. The van der Waals surface area contributed by atoms with E-state index >= 15 is 0 Å². The van der Waals surface area contributed by atoms with E-state index in [4.69, 9.17) is 0 Å². The summed E-state index contributed by atoms with van der Waals surface area (Å²) in [7, 11) is -3.55. The van der Waals surface area contributed by atoms with Gasteiger partial charge >= 0.3 is 6.18 Å². The molecule has 0 spiro atoms. The number of halogens is 4. The number of para-hydroxylation sites is 1. The van der Waals surface area contributed by atoms with Gasteiger partial charge in [-0.3, -0.25) is 4.79 Å². The van der Waals surface area contributed by atoms with Crippen LogP contribution in [-0.4, -0.2) is 31.7 Å². The number of rotatable bonds is 5. The fourth-order valence-electron chi connectivity index (χ4n) is 3.35. The van der Waals surface area contributed by atoms with Gasteiger partial charge in [0.05, 0.1) is 17.0 Å². The van der Waals surface area contributed by atoms with E-state index in [1.807, 2.05) is 0 Å². The van der Waals surface area contributed by atoms with Crippen LogP contribution in [0.1, 0.15) is 24.0 Å². The van der Waals surface area contributed by atoms with E-state index in [0.717, 1.165) is 10.5 Å². The molecule has 0 bridgehead atoms. The van der Waals surface area contributed by atoms with Gasteiger partial charge in [0.1, 0.15) is 0 Å². The van der Waals surface area contributed by atoms with E-state index < -0.39 is 33.6 Å². The van der Waals surface area contributed by atoms with Crippen molar-refractivity contribution in [2.45, 2.75) is 24.8 Å². The molecule has 1 N–H and O–H groups in total. The zero-order valence-corrected chi connectivity index (χ0v) is 18.2. The van der Waals surface area contributed by atoms with E-state index in [9.17, 15) is 26.4 Å². The van der Waals surface area contributed by atoms with Crippen molar-refractivity contribution in [3.8, 4) is 0 Å². The standard InChI is InChI=1S/C20H20BrF3N2O3S/c21-16-7-5-14(6-8-16)13-30(28,29)26-11-9-15(10-12-26)19(27)25-18-4-2-1-3-17(18)20(22,23)24/h1-8,15H,9-13H2,(H,25,27). The van der Waals surface area contributed by atoms with Crippen molar-refractivity contribution >= 4 is 37.5 Å². The number of anilines is 1. The second-order valence-electron chi connectivity index (χ2n) is 7.09. The Balaban J connectivity index is 1.60. The summed E-state index contributed by atoms with van der Waals surface area (Å²) in [6.45, 7) is 0.301. The van der Waals surface area contributed by atoms with Crippen molar-refractivity contribution in [1.29, 1.82) is 0 Å². The van der Waals surface area contributed by atoms with Gasteiger partial charge in [-0.15, -0.1) is 0 Å². The normalized spacial score (nSPS) is 16.4. The maximum atomic E-state index is 13.1. The predicted molar refractivity (Wildman–Crippen MR) is 111 cm³/mol. The van der Waals surface area contributed by atoms with Gasteiger partial charge in [0, 0.05) is 23.5 Å². The number of sulfonamides is 1. The largest absolute Gasteiger partial charge is 0.418 e. The average molecular weight is 505 g/mol. The van der Waals surface area contributed by atoms with E-state index in [-0.39, 0.29) is 37.4 Å². The topological polar surface area (TPSA) is 66.5 Å². The summed E-state index contributed by atoms with van der Waals surface area (Å²) in [5, 5.41) is 2.35. The Labute approximate surface area is 181 Å². The van der Waals surface area contributed by atoms with Gasteiger partial charge in [0.15, 0.2) is 0 Å². The molecule has 0 atom stereocenters. The first-order valence-corrected chi connectivity index (χ1v) is 11.7. The number of alkyl halides is 3. The minimum atomic E-state index is -4.58. The quantitative estimate of drug-likeness (QED) is 0.644. The second kappa shape index (κ2) is 9.07. The molecule has 2 aromatic rings. The predicted octanol–water partition coefficient (Wildman–Crippen LogP) is 4.65. The lowest BCUT2D eigenvalue weighted by Crippen LogP contribution is -2.42. The van der Waals surface area contributed by atoms with Crippen molar-refractivity contribution < 1.29 is 26.4 Å². The molecule has 1 aliphatic heterocycles. The molecule has 30 heavy (non-hydrogen) atoms. The summed E-state index contributed by atoms with van der Waals surface area (Å²) >= 11 is 3.30. The Bertz CT molecular complexity index is 1000. The molecule has 1 fully saturated rings. The Morgan fingerprint density at radius 2 is 1.67 bits per heavy atom. The van der Waals surface area contributed by atoms with Crippen LogP contribution in [0.5, 0.6) is 0 Å². The van der Waals surface area contributed by atoms with Crippen LogP contribution >= 0.6 is 15.9 Å². The highest BCUT2D eigenvalue weighted by atomic mass is 79.9. The molecule has 162 valence electrons. The highest BCUT2D eigenvalue weighted by Gasteiger charge is 2.35. The van der Waals surface area contributed by atoms with Crippen LogP contribution in [0.3, 0.4) is 0 Å². The van der Waals surface area contributed by atoms with Crippen molar-refractivity contribution in [1.82, 2.24) is 4.31 Å². The number of piperidine rings is 1. The molecule has 1 aliphatic rings. The van der Waals surface area contributed by atoms with Gasteiger partial charge in [-0.2, -0.15) is 13.2 Å². The van der Waals surface area contributed by atoms with E-state index in [1.165, 1.54) is 22.5 Å². The van der Waals surface area contributed by atoms with Crippen LogP contribution in [0.4, 0.5) is 18.9 Å². The van der Waals surface area contributed by atoms with Crippen LogP contribution in [0.15, 0.2) is 53.0 Å². The lowest BCUT2D eigenvalue weighted by atomic mass is 9.97. The third-order valence-corrected chi connectivity index (χ3v) is 7.35. The van der Waals surface area contributed by atoms with Gasteiger partial charge in [-0.1, -0.05) is 40.2 Å². The summed E-state index contributed by atoms with van der Waals surface area (Å²) in [4.78, 5) is 12.5. The number of carbonyl (C=O) groups excluding carboxylic acids is 1. The summed E-state index contributed by atoms with van der Waals surface area (Å²) in [6.07, 6.45) is -4.08. The smallest absolute Gasteiger partial charge is 0.325 e. The van der Waals surface area contributed by atoms with Gasteiger partial charge in [-0.25, -0.2) is 12.7 Å². The minimum Gasteiger partial charge on any atom is -0.325 e. The van der Waals surface area contributed by atoms with Crippen molar-refractivity contribution in [2.24, 2.45) is 5.92 Å². The van der Waals surface area contributed by atoms with E-state index in [1.54, 1.807) is 24.3 Å². The number of hydrogen-bond donors (Lipinski definition) is 1. The molecule has 0 aliphatic carbocycles. The lowest BCUT2D eigenvalue weighted by molar-refractivity contribution is -0.137. The third kappa shape index (κ3) is 5.61. The molecular weight excluding hydrogens is 485 g/mol. The lowest BCUT2D eigenvalue weighted by Gasteiger charge is -2.30. The molecule has 0 aromatic heterocycles. The van der Waals surface area contributed by atoms with Crippen LogP contribution in [0, 0.1) is 5.92 Å². The van der Waals surface area contributed by atoms with E-state index in [2.05, 4.69) is 21.2 Å². The first-order valence-electron chi connectivity index (χ1n) is 9.25. The Morgan fingerprint density at radius 3 is 2.27 bits per heavy atom. The van der Waals surface area contributed by atoms with Crippen molar-refractivity contribution in [3.05, 3.63) is 64.1 Å². The van der Waals surface area contributed by atoms with Crippen LogP contribution in [0.25, 0.3) is 0 Å². The Morgan fingerprint density at radius 1 is 1.07 bits per heavy atom. The second-order valence-corrected chi connectivity index (χ2v) is 9.97. The molecule has 0 unspecified atom stereocenters. The zero-order chi connectivity index (χ0) is 21.9. The van der Waals surface area contributed by atoms with Gasteiger partial charge in [0.2, 0.25) is 15.9 Å². The van der Waals surface area contributed by atoms with Crippen LogP contribution in [-0.2, 0) is 26.7 Å². The molecule has 1 amide bonds. The molecule has 10 heteroatoms. The van der Waals surface area contributed by atoms with Gasteiger partial charge in [-0.05, 0) is 42.7 Å². The highest BCUT2D eigenvalue weighted by molar-refractivity contribution is 9.10. The zero-order valence-electron chi connectivity index (χ0n) is 15.8. The molecule has 5 nitrogen and oxygen atoms in total. The first kappa shape index (κ1) is 22.8. The Hall–Kier alpha value is -1.91. The first-order chi connectivity index (χ1) is 14.1. The molecule has 1 saturated heterocycles. The third-order valence-electron chi connectivity index (χ3n) is 4.97. The summed E-state index contributed by atoms with van der Waals surface area (Å²) < 4.78 is 66.8. The van der Waals surface area contributed by atoms with Crippen molar-refractivity contribution in [2.75, 3.05) is 18.4 Å². The van der Waals surface area contributed by atoms with Crippen LogP contribution in [0.2, 0.25) is 0 Å². The Kier molecular flexibility index (Phi) is 6.88. The van der Waals surface area contributed by atoms with Crippen molar-refractivity contribution in [3.63, 3.8) is 0 Å².